The maximum atomic E-state index is 10.7. The van der Waals surface area contributed by atoms with E-state index in [1.807, 2.05) is 61.5 Å². The van der Waals surface area contributed by atoms with Gasteiger partial charge in [0.2, 0.25) is 5.13 Å². The first-order chi connectivity index (χ1) is 29.1. The minimum absolute atomic E-state index is 0.279. The van der Waals surface area contributed by atoms with Crippen LogP contribution in [0.1, 0.15) is 61.5 Å². The van der Waals surface area contributed by atoms with Crippen molar-refractivity contribution in [2.24, 2.45) is 10.2 Å². The molecule has 1 aliphatic carbocycles. The van der Waals surface area contributed by atoms with Gasteiger partial charge in [0.15, 0.2) is 16.8 Å². The molecule has 0 aliphatic heterocycles. The van der Waals surface area contributed by atoms with Gasteiger partial charge < -0.3 is 5.32 Å². The van der Waals surface area contributed by atoms with Crippen LogP contribution in [0.3, 0.4) is 0 Å². The molecule has 4 aromatic carbocycles. The predicted molar refractivity (Wildman–Crippen MR) is 246 cm³/mol. The minimum atomic E-state index is 0.279. The fourth-order valence-electron chi connectivity index (χ4n) is 8.06. The second-order valence-electron chi connectivity index (χ2n) is 15.3. The van der Waals surface area contributed by atoms with Crippen molar-refractivity contribution in [3.63, 3.8) is 0 Å². The zero-order valence-corrected chi connectivity index (χ0v) is 36.1. The predicted octanol–water partition coefficient (Wildman–Crippen LogP) is 13.6. The number of rotatable bonds is 9. The second-order valence-corrected chi connectivity index (χ2v) is 17.3. The zero-order chi connectivity index (χ0) is 41.7. The standard InChI is InChI=1S/C48H42N10S2/c1-27-21-29(3)41(30(4)22-27)53-45-42(31(5)25-40(52-45)57(44-32(6)23-28(2)24-33(44)7)47-50-36-17-11-13-19-38(36)59-47)54-55-46-35(26-49)43(34-15-9-8-10-16-34)56-58(46)48-51-37-18-12-14-20-39(37)60-48/h8-10,12-16,18-25H,11,17H2,1-7H3,(H,52,53). The molecule has 0 spiro atoms. The van der Waals surface area contributed by atoms with Crippen LogP contribution in [0, 0.1) is 59.8 Å². The van der Waals surface area contributed by atoms with Crippen LogP contribution < -0.4 is 10.2 Å². The van der Waals surface area contributed by atoms with Gasteiger partial charge >= 0.3 is 0 Å². The number of nitrogens with zero attached hydrogens (tertiary/aromatic N) is 9. The first-order valence-electron chi connectivity index (χ1n) is 19.8. The van der Waals surface area contributed by atoms with Crippen molar-refractivity contribution >= 4 is 78.6 Å². The monoisotopic (exact) mass is 822 g/mol. The number of nitrogens with one attached hydrogen (secondary N) is 1. The van der Waals surface area contributed by atoms with Crippen molar-refractivity contribution in [1.29, 1.82) is 5.26 Å². The third kappa shape index (κ3) is 7.16. The maximum Gasteiger partial charge on any atom is 0.213 e. The Hall–Kier alpha value is -6.81. The van der Waals surface area contributed by atoms with Gasteiger partial charge in [-0.25, -0.2) is 15.0 Å². The number of fused-ring (bicyclic) bond motifs is 2. The molecule has 4 aromatic heterocycles. The summed E-state index contributed by atoms with van der Waals surface area (Å²) in [7, 11) is 0. The lowest BCUT2D eigenvalue weighted by Gasteiger charge is -2.27. The molecule has 60 heavy (non-hydrogen) atoms. The highest BCUT2D eigenvalue weighted by Crippen LogP contribution is 2.46. The van der Waals surface area contributed by atoms with Crippen LogP contribution in [0.5, 0.6) is 0 Å². The highest BCUT2D eigenvalue weighted by Gasteiger charge is 2.27. The molecule has 8 aromatic rings. The van der Waals surface area contributed by atoms with Gasteiger partial charge in [0, 0.05) is 11.3 Å². The summed E-state index contributed by atoms with van der Waals surface area (Å²) < 4.78 is 2.63. The van der Waals surface area contributed by atoms with Crippen LogP contribution in [0.2, 0.25) is 0 Å². The Morgan fingerprint density at radius 2 is 1.47 bits per heavy atom. The largest absolute Gasteiger partial charge is 0.338 e. The Bertz CT molecular complexity index is 2990. The van der Waals surface area contributed by atoms with Gasteiger partial charge in [-0.1, -0.05) is 107 Å². The fourth-order valence-corrected chi connectivity index (χ4v) is 10.0. The lowest BCUT2D eigenvalue weighted by molar-refractivity contribution is 0.866. The van der Waals surface area contributed by atoms with E-state index in [1.54, 1.807) is 16.0 Å². The summed E-state index contributed by atoms with van der Waals surface area (Å²) in [5.74, 6) is 1.50. The van der Waals surface area contributed by atoms with Gasteiger partial charge in [-0.15, -0.1) is 10.2 Å². The molecule has 0 saturated heterocycles. The maximum absolute atomic E-state index is 10.7. The van der Waals surface area contributed by atoms with E-state index >= 15 is 0 Å². The Labute approximate surface area is 357 Å². The molecule has 296 valence electrons. The summed E-state index contributed by atoms with van der Waals surface area (Å²) in [5.41, 5.74) is 13.6. The van der Waals surface area contributed by atoms with E-state index in [0.717, 1.165) is 78.6 Å². The molecule has 10 nitrogen and oxygen atoms in total. The van der Waals surface area contributed by atoms with Gasteiger partial charge in [0.05, 0.1) is 26.5 Å². The third-order valence-corrected chi connectivity index (χ3v) is 12.7. The van der Waals surface area contributed by atoms with Crippen LogP contribution in [0.15, 0.2) is 101 Å². The topological polar surface area (TPSA) is 120 Å². The number of benzene rings is 4. The number of anilines is 5. The number of nitriles is 1. The smallest absolute Gasteiger partial charge is 0.213 e. The summed E-state index contributed by atoms with van der Waals surface area (Å²) in [6, 6.07) is 30.8. The van der Waals surface area contributed by atoms with Gasteiger partial charge in [-0.05, 0) is 113 Å². The number of aromatic nitrogens is 5. The molecule has 0 radical (unpaired) electrons. The molecular formula is C48H42N10S2. The van der Waals surface area contributed by atoms with E-state index in [4.69, 9.17) is 30.3 Å². The van der Waals surface area contributed by atoms with E-state index < -0.39 is 0 Å². The van der Waals surface area contributed by atoms with Crippen LogP contribution >= 0.6 is 22.7 Å². The SMILES string of the molecule is Cc1cc(C)c(Nc2nc(N(c3nc4c(s3)C=CCC4)c3c(C)cc(C)cc3C)cc(C)c2N=Nc2c(C#N)c(-c3ccccc3)nn2-c2nc3ccccc3s2)c(C)c1. The number of para-hydroxylation sites is 1. The molecule has 4 heterocycles. The Morgan fingerprint density at radius 1 is 0.767 bits per heavy atom. The normalized spacial score (nSPS) is 12.3. The molecular weight excluding hydrogens is 781 g/mol. The highest BCUT2D eigenvalue weighted by molar-refractivity contribution is 7.20. The zero-order valence-electron chi connectivity index (χ0n) is 34.5. The summed E-state index contributed by atoms with van der Waals surface area (Å²) in [6.07, 6.45) is 6.27. The number of hydrogen-bond donors (Lipinski definition) is 1. The molecule has 0 unspecified atom stereocenters. The molecule has 12 heteroatoms. The van der Waals surface area contributed by atoms with Crippen molar-refractivity contribution in [2.75, 3.05) is 10.2 Å². The molecule has 0 amide bonds. The number of thiazole rings is 2. The second kappa shape index (κ2) is 15.7. The molecule has 0 atom stereocenters. The minimum Gasteiger partial charge on any atom is -0.338 e. The molecule has 0 fully saturated rings. The van der Waals surface area contributed by atoms with Crippen LogP contribution in [-0.2, 0) is 6.42 Å². The molecule has 9 rings (SSSR count). The number of hydrogen-bond acceptors (Lipinski definition) is 11. The lowest BCUT2D eigenvalue weighted by Crippen LogP contribution is -2.15. The summed E-state index contributed by atoms with van der Waals surface area (Å²) in [5, 5.41) is 30.7. The van der Waals surface area contributed by atoms with E-state index in [2.05, 4.69) is 100 Å². The van der Waals surface area contributed by atoms with Crippen LogP contribution in [0.25, 0.3) is 32.7 Å². The van der Waals surface area contributed by atoms with Gasteiger partial charge in [0.25, 0.3) is 0 Å². The Balaban J connectivity index is 1.26. The lowest BCUT2D eigenvalue weighted by atomic mass is 10.0. The molecule has 0 saturated carbocycles. The van der Waals surface area contributed by atoms with E-state index in [9.17, 15) is 5.26 Å². The van der Waals surface area contributed by atoms with Crippen molar-refractivity contribution in [3.8, 4) is 22.5 Å². The number of aryl methyl sites for hydroxylation is 8. The van der Waals surface area contributed by atoms with Crippen molar-refractivity contribution < 1.29 is 0 Å². The Kier molecular flexibility index (Phi) is 10.2. The first-order valence-corrected chi connectivity index (χ1v) is 21.5. The van der Waals surface area contributed by atoms with Crippen molar-refractivity contribution in [3.05, 3.63) is 146 Å². The molecule has 1 aliphatic rings. The fraction of sp³-hybridized carbons (Fsp3) is 0.188. The average molecular weight is 823 g/mol. The van der Waals surface area contributed by atoms with E-state index in [1.165, 1.54) is 27.3 Å². The third-order valence-electron chi connectivity index (χ3n) is 10.6. The van der Waals surface area contributed by atoms with Gasteiger partial charge in [0.1, 0.15) is 28.8 Å². The number of pyridine rings is 1. The summed E-state index contributed by atoms with van der Waals surface area (Å²) >= 11 is 3.15. The van der Waals surface area contributed by atoms with Crippen LogP contribution in [-0.4, -0.2) is 24.7 Å². The highest BCUT2D eigenvalue weighted by atomic mass is 32.1. The van der Waals surface area contributed by atoms with Gasteiger partial charge in [-0.3, -0.25) is 4.90 Å². The van der Waals surface area contributed by atoms with Crippen molar-refractivity contribution in [2.45, 2.75) is 61.3 Å². The first kappa shape index (κ1) is 38.7. The van der Waals surface area contributed by atoms with Gasteiger partial charge in [-0.2, -0.15) is 15.0 Å². The van der Waals surface area contributed by atoms with E-state index in [0.29, 0.717) is 33.7 Å². The molecule has 0 bridgehead atoms. The Morgan fingerprint density at radius 3 is 2.17 bits per heavy atom. The summed E-state index contributed by atoms with van der Waals surface area (Å²) in [6.45, 7) is 14.7. The van der Waals surface area contributed by atoms with Crippen molar-refractivity contribution in [1.82, 2.24) is 24.7 Å². The van der Waals surface area contributed by atoms with Crippen LogP contribution in [0.4, 0.5) is 39.6 Å². The average Bonchev–Trinajstić information content (AvgIpc) is 3.95. The van der Waals surface area contributed by atoms with E-state index in [-0.39, 0.29) is 5.82 Å². The molecule has 1 N–H and O–H groups in total. The number of allylic oxidation sites excluding steroid dienone is 1. The summed E-state index contributed by atoms with van der Waals surface area (Å²) in [4.78, 5) is 18.9. The quantitative estimate of drug-likeness (QED) is 0.144. The number of azo groups is 1.